The third kappa shape index (κ3) is 2.60. The van der Waals surface area contributed by atoms with E-state index in [4.69, 9.17) is 12.2 Å². The first-order chi connectivity index (χ1) is 11.8. The SMILES string of the molecule is Cc1ccsc1[C@H]1[C@@H](c2ccccn2)NC(=S)N1c1ccccc1. The minimum absolute atomic E-state index is 0.0382. The van der Waals surface area contributed by atoms with E-state index in [0.717, 1.165) is 16.5 Å². The molecule has 3 heterocycles. The molecule has 3 aromatic rings. The zero-order valence-electron chi connectivity index (χ0n) is 13.2. The van der Waals surface area contributed by atoms with E-state index in [1.807, 2.05) is 36.5 Å². The summed E-state index contributed by atoms with van der Waals surface area (Å²) in [5.74, 6) is 0. The van der Waals surface area contributed by atoms with E-state index < -0.39 is 0 Å². The van der Waals surface area contributed by atoms with Gasteiger partial charge in [0.05, 0.1) is 17.8 Å². The lowest BCUT2D eigenvalue weighted by Crippen LogP contribution is -2.29. The van der Waals surface area contributed by atoms with Gasteiger partial charge in [0.15, 0.2) is 5.11 Å². The molecule has 0 bridgehead atoms. The predicted molar refractivity (Wildman–Crippen MR) is 103 cm³/mol. The number of aryl methyl sites for hydroxylation is 1. The lowest BCUT2D eigenvalue weighted by molar-refractivity contribution is 0.573. The molecular weight excluding hydrogens is 334 g/mol. The monoisotopic (exact) mass is 351 g/mol. The molecule has 1 N–H and O–H groups in total. The Hall–Kier alpha value is -2.24. The molecule has 0 unspecified atom stereocenters. The molecule has 0 saturated carbocycles. The maximum atomic E-state index is 5.69. The summed E-state index contributed by atoms with van der Waals surface area (Å²) in [6.07, 6.45) is 1.84. The number of hydrogen-bond donors (Lipinski definition) is 1. The number of benzene rings is 1. The van der Waals surface area contributed by atoms with Crippen LogP contribution in [0.25, 0.3) is 0 Å². The van der Waals surface area contributed by atoms with E-state index in [1.54, 1.807) is 11.3 Å². The third-order valence-electron chi connectivity index (χ3n) is 4.30. The summed E-state index contributed by atoms with van der Waals surface area (Å²) in [6, 6.07) is 18.7. The molecule has 0 radical (unpaired) electrons. The molecule has 0 aliphatic carbocycles. The fourth-order valence-corrected chi connectivity index (χ4v) is 4.57. The number of thiophene rings is 1. The van der Waals surface area contributed by atoms with Crippen LogP contribution in [0, 0.1) is 6.92 Å². The molecule has 4 rings (SSSR count). The van der Waals surface area contributed by atoms with Crippen LogP contribution in [0.1, 0.15) is 28.2 Å². The van der Waals surface area contributed by atoms with Gasteiger partial charge in [0.1, 0.15) is 0 Å². The highest BCUT2D eigenvalue weighted by Crippen LogP contribution is 2.44. The molecule has 1 fully saturated rings. The quantitative estimate of drug-likeness (QED) is 0.697. The van der Waals surface area contributed by atoms with Crippen molar-refractivity contribution in [2.45, 2.75) is 19.0 Å². The minimum Gasteiger partial charge on any atom is -0.351 e. The van der Waals surface area contributed by atoms with Gasteiger partial charge in [-0.25, -0.2) is 0 Å². The average Bonchev–Trinajstić information content (AvgIpc) is 3.19. The van der Waals surface area contributed by atoms with Gasteiger partial charge in [-0.15, -0.1) is 11.3 Å². The summed E-state index contributed by atoms with van der Waals surface area (Å²) in [5, 5.41) is 6.37. The minimum atomic E-state index is 0.0382. The second-order valence-corrected chi connectivity index (χ2v) is 7.13. The van der Waals surface area contributed by atoms with E-state index in [-0.39, 0.29) is 12.1 Å². The molecule has 120 valence electrons. The Morgan fingerprint density at radius 2 is 1.88 bits per heavy atom. The first-order valence-electron chi connectivity index (χ1n) is 7.85. The van der Waals surface area contributed by atoms with Crippen LogP contribution >= 0.6 is 23.6 Å². The van der Waals surface area contributed by atoms with Gasteiger partial charge in [-0.3, -0.25) is 4.98 Å². The number of nitrogens with zero attached hydrogens (tertiary/aromatic N) is 2. The third-order valence-corrected chi connectivity index (χ3v) is 5.71. The molecule has 5 heteroatoms. The van der Waals surface area contributed by atoms with Crippen LogP contribution in [-0.2, 0) is 0 Å². The summed E-state index contributed by atoms with van der Waals surface area (Å²) in [6.45, 7) is 2.16. The average molecular weight is 352 g/mol. The Kier molecular flexibility index (Phi) is 4.04. The van der Waals surface area contributed by atoms with Crippen LogP contribution in [0.5, 0.6) is 0 Å². The second kappa shape index (κ2) is 6.34. The first kappa shape index (κ1) is 15.3. The maximum absolute atomic E-state index is 5.69. The van der Waals surface area contributed by atoms with Crippen LogP contribution in [0.2, 0.25) is 0 Å². The number of hydrogen-bond acceptors (Lipinski definition) is 3. The second-order valence-electron chi connectivity index (χ2n) is 5.80. The highest BCUT2D eigenvalue weighted by molar-refractivity contribution is 7.80. The van der Waals surface area contributed by atoms with Gasteiger partial charge in [-0.1, -0.05) is 24.3 Å². The number of para-hydroxylation sites is 1. The predicted octanol–water partition coefficient (Wildman–Crippen LogP) is 4.63. The zero-order valence-corrected chi connectivity index (χ0v) is 14.8. The molecule has 3 nitrogen and oxygen atoms in total. The summed E-state index contributed by atoms with van der Waals surface area (Å²) >= 11 is 7.46. The fraction of sp³-hybridized carbons (Fsp3) is 0.158. The number of anilines is 1. The molecule has 0 amide bonds. The van der Waals surface area contributed by atoms with Crippen molar-refractivity contribution in [3.8, 4) is 0 Å². The normalized spacial score (nSPS) is 20.2. The van der Waals surface area contributed by atoms with Crippen molar-refractivity contribution in [3.63, 3.8) is 0 Å². The molecule has 24 heavy (non-hydrogen) atoms. The van der Waals surface area contributed by atoms with Crippen molar-refractivity contribution < 1.29 is 0 Å². The Balaban J connectivity index is 1.84. The van der Waals surface area contributed by atoms with E-state index in [0.29, 0.717) is 0 Å². The lowest BCUT2D eigenvalue weighted by atomic mass is 10.0. The molecule has 0 spiro atoms. The van der Waals surface area contributed by atoms with Crippen LogP contribution in [0.15, 0.2) is 66.2 Å². The number of rotatable bonds is 3. The molecular formula is C19H17N3S2. The standard InChI is InChI=1S/C19H17N3S2/c1-13-10-12-24-18(13)17-16(15-9-5-6-11-20-15)21-19(23)22(17)14-7-3-2-4-8-14/h2-12,16-17H,1H3,(H,21,23)/t16-,17-/m1/s1. The van der Waals surface area contributed by atoms with E-state index >= 15 is 0 Å². The van der Waals surface area contributed by atoms with Crippen LogP contribution < -0.4 is 10.2 Å². The summed E-state index contributed by atoms with van der Waals surface area (Å²) < 4.78 is 0. The number of pyridine rings is 1. The van der Waals surface area contributed by atoms with Gasteiger partial charge < -0.3 is 10.2 Å². The lowest BCUT2D eigenvalue weighted by Gasteiger charge is -2.27. The van der Waals surface area contributed by atoms with Gasteiger partial charge >= 0.3 is 0 Å². The van der Waals surface area contributed by atoms with Crippen molar-refractivity contribution in [2.24, 2.45) is 0 Å². The number of nitrogens with one attached hydrogen (secondary N) is 1. The Morgan fingerprint density at radius 3 is 2.54 bits per heavy atom. The van der Waals surface area contributed by atoms with Crippen molar-refractivity contribution in [2.75, 3.05) is 4.90 Å². The summed E-state index contributed by atoms with van der Waals surface area (Å²) in [5.41, 5.74) is 3.40. The number of aromatic nitrogens is 1. The molecule has 2 aromatic heterocycles. The van der Waals surface area contributed by atoms with Gasteiger partial charge in [-0.2, -0.15) is 0 Å². The molecule has 1 aliphatic rings. The van der Waals surface area contributed by atoms with Crippen LogP contribution in [0.4, 0.5) is 5.69 Å². The summed E-state index contributed by atoms with van der Waals surface area (Å²) in [7, 11) is 0. The Labute approximate surface area is 151 Å². The van der Waals surface area contributed by atoms with E-state index in [1.165, 1.54) is 10.4 Å². The molecule has 1 saturated heterocycles. The molecule has 1 aromatic carbocycles. The number of thiocarbonyl (C=S) groups is 1. The zero-order chi connectivity index (χ0) is 16.5. The molecule has 2 atom stereocenters. The van der Waals surface area contributed by atoms with Crippen molar-refractivity contribution in [1.29, 1.82) is 0 Å². The fourth-order valence-electron chi connectivity index (χ4n) is 3.18. The van der Waals surface area contributed by atoms with Crippen LogP contribution in [0.3, 0.4) is 0 Å². The topological polar surface area (TPSA) is 28.2 Å². The maximum Gasteiger partial charge on any atom is 0.174 e. The first-order valence-corrected chi connectivity index (χ1v) is 9.14. The van der Waals surface area contributed by atoms with Gasteiger partial charge in [-0.05, 0) is 60.4 Å². The van der Waals surface area contributed by atoms with E-state index in [9.17, 15) is 0 Å². The van der Waals surface area contributed by atoms with Gasteiger partial charge in [0, 0.05) is 16.8 Å². The Morgan fingerprint density at radius 1 is 1.08 bits per heavy atom. The largest absolute Gasteiger partial charge is 0.351 e. The van der Waals surface area contributed by atoms with Crippen molar-refractivity contribution in [3.05, 3.63) is 82.3 Å². The van der Waals surface area contributed by atoms with Gasteiger partial charge in [0.2, 0.25) is 0 Å². The highest BCUT2D eigenvalue weighted by Gasteiger charge is 2.41. The highest BCUT2D eigenvalue weighted by atomic mass is 32.1. The molecule has 1 aliphatic heterocycles. The van der Waals surface area contributed by atoms with Crippen molar-refractivity contribution in [1.82, 2.24) is 10.3 Å². The van der Waals surface area contributed by atoms with Gasteiger partial charge in [0.25, 0.3) is 0 Å². The van der Waals surface area contributed by atoms with E-state index in [2.05, 4.69) is 51.8 Å². The Bertz CT molecular complexity index is 845. The van der Waals surface area contributed by atoms with Crippen molar-refractivity contribution >= 4 is 34.4 Å². The van der Waals surface area contributed by atoms with Crippen LogP contribution in [-0.4, -0.2) is 10.1 Å². The summed E-state index contributed by atoms with van der Waals surface area (Å²) in [4.78, 5) is 8.11. The smallest absolute Gasteiger partial charge is 0.174 e.